The van der Waals surface area contributed by atoms with Gasteiger partial charge in [-0.1, -0.05) is 48.4 Å². The normalized spacial score (nSPS) is 13.4. The van der Waals surface area contributed by atoms with Crippen LogP contribution in [0.15, 0.2) is 86.7 Å². The topological polar surface area (TPSA) is 90.9 Å². The lowest BCUT2D eigenvalue weighted by Crippen LogP contribution is -1.95. The lowest BCUT2D eigenvalue weighted by Gasteiger charge is -2.00. The number of ketones is 1. The minimum Gasteiger partial charge on any atom is -0.453 e. The Labute approximate surface area is 183 Å². The molecule has 0 atom stereocenters. The van der Waals surface area contributed by atoms with Crippen molar-refractivity contribution >= 4 is 28.6 Å². The van der Waals surface area contributed by atoms with Crippen LogP contribution in [-0.2, 0) is 0 Å². The minimum absolute atomic E-state index is 0.122. The van der Waals surface area contributed by atoms with Crippen LogP contribution in [0.25, 0.3) is 22.8 Å². The third kappa shape index (κ3) is 3.19. The fourth-order valence-corrected chi connectivity index (χ4v) is 3.63. The average molecular weight is 412 g/mol. The molecule has 0 spiro atoms. The van der Waals surface area contributed by atoms with Gasteiger partial charge < -0.3 is 8.83 Å². The molecule has 0 saturated heterocycles. The number of allylic oxidation sites excluding steroid dienone is 3. The molecule has 2 heterocycles. The second-order valence-corrected chi connectivity index (χ2v) is 7.01. The van der Waals surface area contributed by atoms with Crippen LogP contribution in [-0.4, -0.2) is 5.78 Å². The molecule has 0 aliphatic heterocycles. The Kier molecular flexibility index (Phi) is 4.53. The molecule has 5 nitrogen and oxygen atoms in total. The van der Waals surface area contributed by atoms with Crippen molar-refractivity contribution in [3.63, 3.8) is 0 Å². The summed E-state index contributed by atoms with van der Waals surface area (Å²) < 4.78 is 11.6. The molecule has 148 valence electrons. The van der Waals surface area contributed by atoms with Crippen LogP contribution >= 0.6 is 0 Å². The summed E-state index contributed by atoms with van der Waals surface area (Å²) in [5.74, 6) is 6.56. The first-order chi connectivity index (χ1) is 15.7. The van der Waals surface area contributed by atoms with E-state index in [1.165, 1.54) is 6.08 Å². The summed E-state index contributed by atoms with van der Waals surface area (Å²) in [7, 11) is 0. The van der Waals surface area contributed by atoms with Gasteiger partial charge in [-0.05, 0) is 29.7 Å². The molecule has 4 aromatic rings. The molecule has 32 heavy (non-hydrogen) atoms. The number of carbonyl (C=O) groups is 1. The molecule has 0 N–H and O–H groups in total. The zero-order chi connectivity index (χ0) is 22.1. The number of carbonyl (C=O) groups excluding carboxylic acids is 1. The van der Waals surface area contributed by atoms with Crippen LogP contribution in [0.2, 0.25) is 0 Å². The van der Waals surface area contributed by atoms with E-state index in [0.717, 1.165) is 5.56 Å². The smallest absolute Gasteiger partial charge is 0.194 e. The third-order valence-electron chi connectivity index (χ3n) is 5.05. The highest BCUT2D eigenvalue weighted by molar-refractivity contribution is 6.29. The molecule has 0 fully saturated rings. The predicted octanol–water partition coefficient (Wildman–Crippen LogP) is 5.51. The van der Waals surface area contributed by atoms with Crippen molar-refractivity contribution in [1.29, 1.82) is 10.5 Å². The van der Waals surface area contributed by atoms with Crippen molar-refractivity contribution in [2.75, 3.05) is 0 Å². The molecule has 0 unspecified atom stereocenters. The van der Waals surface area contributed by atoms with E-state index in [0.29, 0.717) is 39.4 Å². The predicted molar refractivity (Wildman–Crippen MR) is 118 cm³/mol. The van der Waals surface area contributed by atoms with Gasteiger partial charge in [-0.2, -0.15) is 10.5 Å². The van der Waals surface area contributed by atoms with Gasteiger partial charge >= 0.3 is 0 Å². The van der Waals surface area contributed by atoms with E-state index in [2.05, 4.69) is 11.8 Å². The molecule has 1 aliphatic rings. The largest absolute Gasteiger partial charge is 0.453 e. The number of furan rings is 2. The maximum absolute atomic E-state index is 13.0. The van der Waals surface area contributed by atoms with Crippen LogP contribution in [0.5, 0.6) is 0 Å². The summed E-state index contributed by atoms with van der Waals surface area (Å²) >= 11 is 0. The van der Waals surface area contributed by atoms with Crippen molar-refractivity contribution in [1.82, 2.24) is 0 Å². The van der Waals surface area contributed by atoms with E-state index in [-0.39, 0.29) is 16.9 Å². The Morgan fingerprint density at radius 2 is 1.50 bits per heavy atom. The van der Waals surface area contributed by atoms with Gasteiger partial charge in [-0.25, -0.2) is 0 Å². The van der Waals surface area contributed by atoms with E-state index in [9.17, 15) is 15.3 Å². The Hall–Kier alpha value is -5.05. The number of Topliss-reactive ketones (excluding diaryl/α,β-unsaturated/α-hetero) is 1. The fourth-order valence-electron chi connectivity index (χ4n) is 3.63. The monoisotopic (exact) mass is 412 g/mol. The molecule has 5 heteroatoms. The van der Waals surface area contributed by atoms with E-state index in [1.807, 2.05) is 42.5 Å². The number of nitrogens with zero attached hydrogens (tertiary/aromatic N) is 2. The fraction of sp³-hybridized carbons (Fsp3) is 0. The zero-order valence-electron chi connectivity index (χ0n) is 16.5. The molecule has 2 aromatic heterocycles. The maximum atomic E-state index is 13.0. The van der Waals surface area contributed by atoms with Gasteiger partial charge in [0.25, 0.3) is 0 Å². The van der Waals surface area contributed by atoms with Gasteiger partial charge in [0.2, 0.25) is 0 Å². The molecule has 0 radical (unpaired) electrons. The number of nitriles is 2. The molecule has 0 amide bonds. The van der Waals surface area contributed by atoms with Gasteiger partial charge in [-0.15, -0.1) is 0 Å². The first-order valence-corrected chi connectivity index (χ1v) is 9.69. The van der Waals surface area contributed by atoms with Crippen molar-refractivity contribution < 1.29 is 13.6 Å². The van der Waals surface area contributed by atoms with Crippen LogP contribution in [0.3, 0.4) is 0 Å². The Bertz CT molecular complexity index is 1560. The number of hydrogen-bond donors (Lipinski definition) is 0. The van der Waals surface area contributed by atoms with Gasteiger partial charge in [0, 0.05) is 34.4 Å². The highest BCUT2D eigenvalue weighted by Gasteiger charge is 2.32. The van der Waals surface area contributed by atoms with Gasteiger partial charge in [0.05, 0.1) is 0 Å². The summed E-state index contributed by atoms with van der Waals surface area (Å²) in [6, 6.07) is 23.6. The Balaban J connectivity index is 1.54. The Morgan fingerprint density at radius 1 is 0.812 bits per heavy atom. The number of fused-ring (bicyclic) bond motifs is 2. The quantitative estimate of drug-likeness (QED) is 0.234. The molecule has 5 rings (SSSR count). The standard InChI is InChI=1S/C27H12N2O3/c28-15-18(16-29)26-21-8-4-5-9-22(21)27(30)23(26)12-20-14-25-24(32-20)13-19(31-25)11-10-17-6-2-1-3-7-17/h1-9,12-14H/b23-12-. The van der Waals surface area contributed by atoms with Crippen molar-refractivity contribution in [2.45, 2.75) is 0 Å². The maximum Gasteiger partial charge on any atom is 0.194 e. The van der Waals surface area contributed by atoms with Crippen molar-refractivity contribution in [3.8, 4) is 24.0 Å². The number of hydrogen-bond acceptors (Lipinski definition) is 5. The van der Waals surface area contributed by atoms with Crippen LogP contribution in [0.1, 0.15) is 33.0 Å². The van der Waals surface area contributed by atoms with E-state index < -0.39 is 0 Å². The van der Waals surface area contributed by atoms with E-state index in [1.54, 1.807) is 36.4 Å². The SMILES string of the molecule is N#CC(C#N)=C1/C(=C/c2cc3oc(C#Cc4ccccc4)cc3o2)C(=O)c2ccccc21. The molecule has 1 aliphatic carbocycles. The lowest BCUT2D eigenvalue weighted by atomic mass is 9.99. The van der Waals surface area contributed by atoms with Gasteiger partial charge in [-0.3, -0.25) is 4.79 Å². The first kappa shape index (κ1) is 18.9. The van der Waals surface area contributed by atoms with Gasteiger partial charge in [0.15, 0.2) is 22.7 Å². The average Bonchev–Trinajstić information content (AvgIpc) is 3.46. The second-order valence-electron chi connectivity index (χ2n) is 7.01. The first-order valence-electron chi connectivity index (χ1n) is 9.69. The lowest BCUT2D eigenvalue weighted by molar-refractivity contribution is 0.104. The molecule has 2 aromatic carbocycles. The summed E-state index contributed by atoms with van der Waals surface area (Å²) in [5, 5.41) is 18.8. The van der Waals surface area contributed by atoms with Gasteiger partial charge in [0.1, 0.15) is 23.5 Å². The zero-order valence-corrected chi connectivity index (χ0v) is 16.5. The summed E-state index contributed by atoms with van der Waals surface area (Å²) in [4.78, 5) is 13.0. The number of benzene rings is 2. The van der Waals surface area contributed by atoms with Crippen molar-refractivity contribution in [2.24, 2.45) is 0 Å². The van der Waals surface area contributed by atoms with E-state index >= 15 is 0 Å². The second kappa shape index (κ2) is 7.65. The highest BCUT2D eigenvalue weighted by atomic mass is 16.4. The number of rotatable bonds is 1. The summed E-state index contributed by atoms with van der Waals surface area (Å²) in [6.07, 6.45) is 1.54. The molecule has 0 saturated carbocycles. The minimum atomic E-state index is -0.263. The van der Waals surface area contributed by atoms with E-state index in [4.69, 9.17) is 8.83 Å². The molecule has 0 bridgehead atoms. The third-order valence-corrected chi connectivity index (χ3v) is 5.05. The molecular formula is C27H12N2O3. The van der Waals surface area contributed by atoms with Crippen LogP contribution in [0, 0.1) is 34.5 Å². The van der Waals surface area contributed by atoms with Crippen molar-refractivity contribution in [3.05, 3.63) is 106 Å². The summed E-state index contributed by atoms with van der Waals surface area (Å²) in [6.45, 7) is 0. The summed E-state index contributed by atoms with van der Waals surface area (Å²) in [5.41, 5.74) is 3.30. The Morgan fingerprint density at radius 3 is 2.22 bits per heavy atom. The molecular weight excluding hydrogens is 400 g/mol. The highest BCUT2D eigenvalue weighted by Crippen LogP contribution is 2.40. The van der Waals surface area contributed by atoms with Crippen LogP contribution < -0.4 is 0 Å². The van der Waals surface area contributed by atoms with Crippen LogP contribution in [0.4, 0.5) is 0 Å².